The molecule has 0 spiro atoms. The molecular formula is C17H13ClN6S. The monoisotopic (exact) mass is 368 g/mol. The quantitative estimate of drug-likeness (QED) is 0.574. The number of aromatic nitrogens is 5. The van der Waals surface area contributed by atoms with Gasteiger partial charge in [0.25, 0.3) is 0 Å². The van der Waals surface area contributed by atoms with Gasteiger partial charge in [0.1, 0.15) is 0 Å². The second-order valence-electron chi connectivity index (χ2n) is 5.33. The lowest BCUT2D eigenvalue weighted by atomic mass is 10.3. The lowest BCUT2D eigenvalue weighted by molar-refractivity contribution is 0.785. The molecule has 4 rings (SSSR count). The average molecular weight is 369 g/mol. The normalized spacial score (nSPS) is 10.8. The van der Waals surface area contributed by atoms with Crippen molar-refractivity contribution in [3.63, 3.8) is 0 Å². The van der Waals surface area contributed by atoms with Crippen LogP contribution in [0.5, 0.6) is 0 Å². The predicted octanol–water partition coefficient (Wildman–Crippen LogP) is 4.49. The van der Waals surface area contributed by atoms with E-state index in [0.717, 1.165) is 17.1 Å². The number of halogens is 1. The van der Waals surface area contributed by atoms with Crippen LogP contribution in [0.1, 0.15) is 5.69 Å². The first kappa shape index (κ1) is 15.7. The number of hydrogen-bond donors (Lipinski definition) is 1. The second kappa shape index (κ2) is 6.62. The molecule has 2 aromatic carbocycles. The van der Waals surface area contributed by atoms with Crippen LogP contribution in [-0.2, 0) is 0 Å². The van der Waals surface area contributed by atoms with Gasteiger partial charge in [-0.3, -0.25) is 0 Å². The third kappa shape index (κ3) is 3.24. The first-order valence-electron chi connectivity index (χ1n) is 7.55. The highest BCUT2D eigenvalue weighted by molar-refractivity contribution is 7.09. The molecule has 0 aliphatic heterocycles. The van der Waals surface area contributed by atoms with Gasteiger partial charge in [-0.15, -0.1) is 5.10 Å². The molecule has 0 amide bonds. The molecule has 0 atom stereocenters. The Hall–Kier alpha value is -2.77. The Morgan fingerprint density at radius 1 is 1.04 bits per heavy atom. The van der Waals surface area contributed by atoms with Crippen molar-refractivity contribution in [3.05, 3.63) is 65.3 Å². The number of nitrogens with one attached hydrogen (secondary N) is 1. The topological polar surface area (TPSA) is 68.5 Å². The van der Waals surface area contributed by atoms with Crippen LogP contribution in [0.15, 0.2) is 54.6 Å². The zero-order chi connectivity index (χ0) is 17.2. The van der Waals surface area contributed by atoms with Gasteiger partial charge in [-0.1, -0.05) is 35.0 Å². The van der Waals surface area contributed by atoms with Crippen LogP contribution in [0.3, 0.4) is 0 Å². The summed E-state index contributed by atoms with van der Waals surface area (Å²) in [7, 11) is 0. The molecule has 0 saturated carbocycles. The fourth-order valence-electron chi connectivity index (χ4n) is 2.38. The highest BCUT2D eigenvalue weighted by Crippen LogP contribution is 2.26. The van der Waals surface area contributed by atoms with E-state index in [9.17, 15) is 0 Å². The van der Waals surface area contributed by atoms with Gasteiger partial charge in [0.05, 0.1) is 11.4 Å². The van der Waals surface area contributed by atoms with Crippen LogP contribution in [0.2, 0.25) is 5.02 Å². The van der Waals surface area contributed by atoms with E-state index >= 15 is 0 Å². The molecule has 0 unspecified atom stereocenters. The summed E-state index contributed by atoms with van der Waals surface area (Å²) in [6, 6.07) is 17.3. The minimum atomic E-state index is 0.557. The van der Waals surface area contributed by atoms with Crippen molar-refractivity contribution in [3.8, 4) is 17.2 Å². The molecule has 124 valence electrons. The summed E-state index contributed by atoms with van der Waals surface area (Å²) in [5, 5.41) is 13.1. The van der Waals surface area contributed by atoms with Crippen molar-refractivity contribution < 1.29 is 0 Å². The molecule has 25 heavy (non-hydrogen) atoms. The third-order valence-corrected chi connectivity index (χ3v) is 4.51. The Labute approximate surface area is 153 Å². The van der Waals surface area contributed by atoms with Crippen LogP contribution in [0.4, 0.5) is 10.8 Å². The SMILES string of the molecule is Cc1c(-c2nsc(Nc3ccc(Cl)cc3)n2)nnn1-c1ccccc1. The molecule has 2 heterocycles. The molecule has 0 saturated heterocycles. The summed E-state index contributed by atoms with van der Waals surface area (Å²) in [4.78, 5) is 4.51. The molecule has 0 aliphatic carbocycles. The summed E-state index contributed by atoms with van der Waals surface area (Å²) in [5.41, 5.74) is 3.41. The van der Waals surface area contributed by atoms with E-state index in [1.165, 1.54) is 11.5 Å². The average Bonchev–Trinajstić information content (AvgIpc) is 3.24. The minimum Gasteiger partial charge on any atom is -0.330 e. The second-order valence-corrected chi connectivity index (χ2v) is 6.51. The molecule has 0 radical (unpaired) electrons. The van der Waals surface area contributed by atoms with Gasteiger partial charge in [-0.05, 0) is 43.3 Å². The molecule has 1 N–H and O–H groups in total. The Balaban J connectivity index is 1.60. The summed E-state index contributed by atoms with van der Waals surface area (Å²) in [6.07, 6.45) is 0. The molecule has 6 nitrogen and oxygen atoms in total. The Kier molecular flexibility index (Phi) is 4.17. The minimum absolute atomic E-state index is 0.557. The van der Waals surface area contributed by atoms with E-state index in [0.29, 0.717) is 21.7 Å². The van der Waals surface area contributed by atoms with Gasteiger partial charge >= 0.3 is 0 Å². The molecule has 0 aliphatic rings. The van der Waals surface area contributed by atoms with Gasteiger partial charge < -0.3 is 5.32 Å². The lowest BCUT2D eigenvalue weighted by Crippen LogP contribution is -1.98. The van der Waals surface area contributed by atoms with E-state index in [2.05, 4.69) is 25.0 Å². The van der Waals surface area contributed by atoms with E-state index < -0.39 is 0 Å². The lowest BCUT2D eigenvalue weighted by Gasteiger charge is -2.02. The number of para-hydroxylation sites is 1. The number of anilines is 2. The van der Waals surface area contributed by atoms with E-state index in [1.54, 1.807) is 4.68 Å². The van der Waals surface area contributed by atoms with E-state index in [4.69, 9.17) is 11.6 Å². The predicted molar refractivity (Wildman–Crippen MR) is 99.7 cm³/mol. The molecule has 8 heteroatoms. The van der Waals surface area contributed by atoms with Crippen LogP contribution in [-0.4, -0.2) is 24.4 Å². The molecular weight excluding hydrogens is 356 g/mol. The first-order valence-corrected chi connectivity index (χ1v) is 8.70. The van der Waals surface area contributed by atoms with Gasteiger partial charge in [-0.2, -0.15) is 9.36 Å². The van der Waals surface area contributed by atoms with Crippen LogP contribution >= 0.6 is 23.1 Å². The maximum atomic E-state index is 5.90. The van der Waals surface area contributed by atoms with Gasteiger partial charge in [0.15, 0.2) is 11.5 Å². The van der Waals surface area contributed by atoms with Gasteiger partial charge in [0, 0.05) is 22.2 Å². The van der Waals surface area contributed by atoms with Gasteiger partial charge in [0.2, 0.25) is 5.13 Å². The standard InChI is InChI=1S/C17H13ClN6S/c1-11-15(21-23-24(11)14-5-3-2-4-6-14)16-20-17(25-22-16)19-13-9-7-12(18)8-10-13/h2-10H,1H3,(H,19,20,22). The van der Waals surface area contributed by atoms with Crippen molar-refractivity contribution in [2.75, 3.05) is 5.32 Å². The van der Waals surface area contributed by atoms with Crippen molar-refractivity contribution in [2.45, 2.75) is 6.92 Å². The maximum Gasteiger partial charge on any atom is 0.207 e. The number of rotatable bonds is 4. The van der Waals surface area contributed by atoms with E-state index in [1.807, 2.05) is 61.5 Å². The summed E-state index contributed by atoms with van der Waals surface area (Å²) in [6.45, 7) is 1.95. The van der Waals surface area contributed by atoms with Crippen molar-refractivity contribution in [2.24, 2.45) is 0 Å². The van der Waals surface area contributed by atoms with Crippen molar-refractivity contribution >= 4 is 34.0 Å². The van der Waals surface area contributed by atoms with E-state index in [-0.39, 0.29) is 0 Å². The fourth-order valence-corrected chi connectivity index (χ4v) is 3.09. The highest BCUT2D eigenvalue weighted by Gasteiger charge is 2.16. The summed E-state index contributed by atoms with van der Waals surface area (Å²) >= 11 is 7.17. The molecule has 4 aromatic rings. The maximum absolute atomic E-state index is 5.90. The smallest absolute Gasteiger partial charge is 0.207 e. The Morgan fingerprint density at radius 2 is 1.80 bits per heavy atom. The zero-order valence-electron chi connectivity index (χ0n) is 13.2. The van der Waals surface area contributed by atoms with Gasteiger partial charge in [-0.25, -0.2) is 4.68 Å². The summed E-state index contributed by atoms with van der Waals surface area (Å²) < 4.78 is 6.17. The largest absolute Gasteiger partial charge is 0.330 e. The number of benzene rings is 2. The van der Waals surface area contributed by atoms with Crippen LogP contribution in [0.25, 0.3) is 17.2 Å². The third-order valence-electron chi connectivity index (χ3n) is 3.63. The zero-order valence-corrected chi connectivity index (χ0v) is 14.8. The molecule has 2 aromatic heterocycles. The van der Waals surface area contributed by atoms with Crippen LogP contribution in [0, 0.1) is 6.92 Å². The molecule has 0 bridgehead atoms. The summed E-state index contributed by atoms with van der Waals surface area (Å²) in [5.74, 6) is 0.557. The van der Waals surface area contributed by atoms with Crippen molar-refractivity contribution in [1.82, 2.24) is 24.4 Å². The Bertz CT molecular complexity index is 994. The van der Waals surface area contributed by atoms with Crippen molar-refractivity contribution in [1.29, 1.82) is 0 Å². The molecule has 0 fully saturated rings. The fraction of sp³-hybridized carbons (Fsp3) is 0.0588. The number of nitrogens with zero attached hydrogens (tertiary/aromatic N) is 5. The number of hydrogen-bond acceptors (Lipinski definition) is 6. The highest BCUT2D eigenvalue weighted by atomic mass is 35.5. The first-order chi connectivity index (χ1) is 12.2. The van der Waals surface area contributed by atoms with Crippen LogP contribution < -0.4 is 5.32 Å². The Morgan fingerprint density at radius 3 is 2.56 bits per heavy atom.